The van der Waals surface area contributed by atoms with E-state index in [9.17, 15) is 4.79 Å². The molecule has 5 rings (SSSR count). The molecule has 3 N–H and O–H groups in total. The van der Waals surface area contributed by atoms with Crippen molar-refractivity contribution in [1.29, 1.82) is 0 Å². The second kappa shape index (κ2) is 15.2. The van der Waals surface area contributed by atoms with Gasteiger partial charge in [0.25, 0.3) is 5.91 Å². The van der Waals surface area contributed by atoms with Gasteiger partial charge in [-0.15, -0.1) is 0 Å². The number of fused-ring (bicyclic) bond motifs is 7. The van der Waals surface area contributed by atoms with Crippen molar-refractivity contribution in [2.75, 3.05) is 57.0 Å². The number of amides is 1. The molecule has 6 bridgehead atoms. The molecule has 1 aromatic heterocycles. The molecule has 224 valence electrons. The summed E-state index contributed by atoms with van der Waals surface area (Å²) in [5.74, 6) is 6.71. The first-order valence-corrected chi connectivity index (χ1v) is 15.1. The minimum atomic E-state index is -0.0695. The second-order valence-electron chi connectivity index (χ2n) is 10.9. The van der Waals surface area contributed by atoms with E-state index in [1.165, 1.54) is 0 Å². The number of hydrogen-bond acceptors (Lipinski definition) is 8. The van der Waals surface area contributed by atoms with Crippen LogP contribution in [0.25, 0.3) is 11.3 Å². The topological polar surface area (TPSA) is 94.7 Å². The molecule has 1 fully saturated rings. The van der Waals surface area contributed by atoms with E-state index < -0.39 is 0 Å². The first-order valence-electron chi connectivity index (χ1n) is 15.1. The lowest BCUT2D eigenvalue weighted by Gasteiger charge is -2.37. The van der Waals surface area contributed by atoms with E-state index in [1.54, 1.807) is 13.1 Å². The molecule has 1 saturated heterocycles. The Morgan fingerprint density at radius 1 is 1.21 bits per heavy atom. The summed E-state index contributed by atoms with van der Waals surface area (Å²) in [7, 11) is 2.14. The fourth-order valence-electron chi connectivity index (χ4n) is 5.41. The highest BCUT2D eigenvalue weighted by Gasteiger charge is 2.25. The molecule has 3 aromatic rings. The maximum Gasteiger partial charge on any atom is 0.298 e. The third kappa shape index (κ3) is 8.80. The first kappa shape index (κ1) is 30.1. The van der Waals surface area contributed by atoms with Gasteiger partial charge in [-0.05, 0) is 81.1 Å². The zero-order chi connectivity index (χ0) is 29.9. The molecule has 2 aliphatic rings. The van der Waals surface area contributed by atoms with Crippen molar-refractivity contribution < 1.29 is 9.53 Å². The normalized spacial score (nSPS) is 17.7. The van der Waals surface area contributed by atoms with Gasteiger partial charge in [0.05, 0.1) is 12.3 Å². The maximum atomic E-state index is 12.3. The number of nitrogens with zero attached hydrogens (tertiary/aromatic N) is 4. The molecule has 0 radical (unpaired) electrons. The molecule has 2 aromatic carbocycles. The largest absolute Gasteiger partial charge is 0.493 e. The van der Waals surface area contributed by atoms with Crippen molar-refractivity contribution in [1.82, 2.24) is 25.1 Å². The average Bonchev–Trinajstić information content (AvgIpc) is 3.02. The molecule has 1 atom stereocenters. The Bertz CT molecular complexity index is 1480. The van der Waals surface area contributed by atoms with Gasteiger partial charge in [-0.2, -0.15) is 0 Å². The van der Waals surface area contributed by atoms with Gasteiger partial charge in [-0.1, -0.05) is 30.2 Å². The summed E-state index contributed by atoms with van der Waals surface area (Å²) in [4.78, 5) is 25.8. The summed E-state index contributed by atoms with van der Waals surface area (Å²) < 4.78 is 5.95. The predicted molar refractivity (Wildman–Crippen MR) is 172 cm³/mol. The highest BCUT2D eigenvalue weighted by atomic mass is 16.5. The molecular formula is C34H41N7O2. The molecule has 0 saturated carbocycles. The van der Waals surface area contributed by atoms with Gasteiger partial charge in [-0.3, -0.25) is 9.69 Å². The Labute approximate surface area is 254 Å². The van der Waals surface area contributed by atoms with Crippen LogP contribution in [0.4, 0.5) is 17.3 Å². The van der Waals surface area contributed by atoms with Gasteiger partial charge in [0.1, 0.15) is 5.75 Å². The Balaban J connectivity index is 1.28. The number of benzene rings is 2. The monoisotopic (exact) mass is 579 g/mol. The number of anilines is 3. The minimum absolute atomic E-state index is 0.0695. The third-order valence-corrected chi connectivity index (χ3v) is 7.68. The van der Waals surface area contributed by atoms with Crippen LogP contribution in [0.15, 0.2) is 66.9 Å². The summed E-state index contributed by atoms with van der Waals surface area (Å²) in [6.45, 7) is 6.97. The molecule has 43 heavy (non-hydrogen) atoms. The Hall–Kier alpha value is -4.39. The van der Waals surface area contributed by atoms with E-state index in [4.69, 9.17) is 9.72 Å². The molecule has 1 unspecified atom stereocenters. The molecule has 9 nitrogen and oxygen atoms in total. The molecule has 0 aliphatic carbocycles. The fourth-order valence-corrected chi connectivity index (χ4v) is 5.41. The van der Waals surface area contributed by atoms with Crippen molar-refractivity contribution in [3.8, 4) is 28.8 Å². The zero-order valence-electron chi connectivity index (χ0n) is 25.1. The fraction of sp³-hybridized carbons (Fsp3) is 0.382. The number of carbonyl (C=O) groups excluding carboxylic acids is 1. The summed E-state index contributed by atoms with van der Waals surface area (Å²) in [5, 5.41) is 10.5. The predicted octanol–water partition coefficient (Wildman–Crippen LogP) is 4.67. The number of carbonyl (C=O) groups is 1. The molecular weight excluding hydrogens is 538 g/mol. The second-order valence-corrected chi connectivity index (χ2v) is 10.9. The molecule has 0 spiro atoms. The molecule has 3 heterocycles. The van der Waals surface area contributed by atoms with Crippen LogP contribution in [-0.2, 0) is 11.3 Å². The quantitative estimate of drug-likeness (QED) is 0.297. The number of nitrogens with one attached hydrogen (secondary N) is 3. The van der Waals surface area contributed by atoms with E-state index in [-0.39, 0.29) is 5.91 Å². The SMILES string of the molecule is CC#CC(=O)N1CCCC(N(C)CCNc2cc3cc(c2)Nc2nccc(n2)-c2cccc(c2)OCC/C=C/CNC3)C1. The van der Waals surface area contributed by atoms with Crippen molar-refractivity contribution >= 4 is 23.2 Å². The van der Waals surface area contributed by atoms with Crippen LogP contribution in [0.5, 0.6) is 5.75 Å². The van der Waals surface area contributed by atoms with Gasteiger partial charge in [0, 0.05) is 68.4 Å². The van der Waals surface area contributed by atoms with Crippen molar-refractivity contribution in [3.05, 3.63) is 72.4 Å². The highest BCUT2D eigenvalue weighted by molar-refractivity contribution is 5.93. The summed E-state index contributed by atoms with van der Waals surface area (Å²) >= 11 is 0. The van der Waals surface area contributed by atoms with Crippen molar-refractivity contribution in [2.45, 2.75) is 38.8 Å². The first-order chi connectivity index (χ1) is 21.1. The molecule has 9 heteroatoms. The number of likely N-dealkylation sites (tertiary alicyclic amines) is 1. The standard InChI is InChI=1S/C34H41N7O2/c1-3-9-33(42)41-17-8-11-30(25-41)40(2)18-16-36-28-20-26-21-29(23-28)38-34-37-15-13-32(39-34)27-10-7-12-31(22-27)43-19-6-4-5-14-35-24-26/h4-5,7,10,12-13,15,20-23,30,35-36H,6,8,11,14,16-19,24-25H2,1-2H3,(H,37,38,39)/b5-4+. The lowest BCUT2D eigenvalue weighted by atomic mass is 10.0. The summed E-state index contributed by atoms with van der Waals surface area (Å²) in [5.41, 5.74) is 4.90. The number of rotatable bonds is 5. The van der Waals surface area contributed by atoms with Crippen LogP contribution in [0.1, 0.15) is 31.7 Å². The third-order valence-electron chi connectivity index (χ3n) is 7.68. The van der Waals surface area contributed by atoms with Gasteiger partial charge < -0.3 is 25.6 Å². The highest BCUT2D eigenvalue weighted by Crippen LogP contribution is 2.26. The average molecular weight is 580 g/mol. The smallest absolute Gasteiger partial charge is 0.298 e. The number of aromatic nitrogens is 2. The Morgan fingerprint density at radius 3 is 3.05 bits per heavy atom. The number of piperidine rings is 1. The van der Waals surface area contributed by atoms with E-state index in [1.807, 2.05) is 35.2 Å². The van der Waals surface area contributed by atoms with Crippen LogP contribution in [-0.4, -0.2) is 78.1 Å². The van der Waals surface area contributed by atoms with Crippen molar-refractivity contribution in [3.63, 3.8) is 0 Å². The molecule has 2 aliphatic heterocycles. The number of hydrogen-bond donors (Lipinski definition) is 3. The van der Waals surface area contributed by atoms with Crippen molar-refractivity contribution in [2.24, 2.45) is 0 Å². The minimum Gasteiger partial charge on any atom is -0.493 e. The van der Waals surface area contributed by atoms with Gasteiger partial charge in [0.15, 0.2) is 0 Å². The number of ether oxygens (including phenoxy) is 1. The zero-order valence-corrected chi connectivity index (χ0v) is 25.1. The number of likely N-dealkylation sites (N-methyl/N-ethyl adjacent to an activating group) is 1. The van der Waals surface area contributed by atoms with E-state index in [0.717, 1.165) is 92.5 Å². The Morgan fingerprint density at radius 2 is 2.14 bits per heavy atom. The van der Waals surface area contributed by atoms with Crippen LogP contribution < -0.4 is 20.7 Å². The van der Waals surface area contributed by atoms with Crippen LogP contribution >= 0.6 is 0 Å². The van der Waals surface area contributed by atoms with Gasteiger partial charge in [-0.25, -0.2) is 9.97 Å². The molecule has 1 amide bonds. The van der Waals surface area contributed by atoms with Gasteiger partial charge >= 0.3 is 0 Å². The van der Waals surface area contributed by atoms with E-state index in [0.29, 0.717) is 18.6 Å². The van der Waals surface area contributed by atoms with E-state index >= 15 is 0 Å². The van der Waals surface area contributed by atoms with Gasteiger partial charge in [0.2, 0.25) is 5.95 Å². The van der Waals surface area contributed by atoms with Crippen LogP contribution in [0, 0.1) is 11.8 Å². The van der Waals surface area contributed by atoms with Crippen LogP contribution in [0.3, 0.4) is 0 Å². The van der Waals surface area contributed by atoms with E-state index in [2.05, 4.69) is 75.1 Å². The maximum absolute atomic E-state index is 12.3. The summed E-state index contributed by atoms with van der Waals surface area (Å²) in [6.07, 6.45) is 9.00. The lowest BCUT2D eigenvalue weighted by Crippen LogP contribution is -2.49. The van der Waals surface area contributed by atoms with Crippen LogP contribution in [0.2, 0.25) is 0 Å². The lowest BCUT2D eigenvalue weighted by molar-refractivity contribution is -0.127. The Kier molecular flexibility index (Phi) is 10.6. The summed E-state index contributed by atoms with van der Waals surface area (Å²) in [6, 6.07) is 16.7.